The molecule has 3 rings (SSSR count). The molecule has 2 N–H and O–H groups in total. The second-order valence-electron chi connectivity index (χ2n) is 5.54. The number of fused-ring (bicyclic) bond motifs is 1. The highest BCUT2D eigenvalue weighted by molar-refractivity contribution is 7.71. The summed E-state index contributed by atoms with van der Waals surface area (Å²) in [5.74, 6) is -0.0324. The first-order chi connectivity index (χ1) is 10.5. The number of hydrogen-bond donors (Lipinski definition) is 2. The number of aromatic nitrogens is 1. The van der Waals surface area contributed by atoms with Crippen LogP contribution in [-0.4, -0.2) is 40.8 Å². The molecule has 6 nitrogen and oxygen atoms in total. The molecule has 1 atom stereocenters. The fraction of sp³-hybridized carbons (Fsp3) is 0.400. The van der Waals surface area contributed by atoms with Crippen LogP contribution in [0.15, 0.2) is 22.6 Å². The van der Waals surface area contributed by atoms with Gasteiger partial charge in [0.2, 0.25) is 5.91 Å². The largest absolute Gasteiger partial charge is 0.429 e. The molecule has 1 fully saturated rings. The van der Waals surface area contributed by atoms with Crippen LogP contribution in [0.1, 0.15) is 30.1 Å². The Morgan fingerprint density at radius 3 is 3.09 bits per heavy atom. The molecule has 1 aliphatic rings. The Morgan fingerprint density at radius 1 is 1.55 bits per heavy atom. The Labute approximate surface area is 132 Å². The molecule has 116 valence electrons. The van der Waals surface area contributed by atoms with E-state index >= 15 is 0 Å². The van der Waals surface area contributed by atoms with Crippen molar-refractivity contribution in [1.82, 2.24) is 15.2 Å². The zero-order valence-corrected chi connectivity index (χ0v) is 13.0. The third-order valence-corrected chi connectivity index (χ3v) is 3.91. The topological polar surface area (TPSA) is 78.3 Å². The fourth-order valence-corrected chi connectivity index (χ4v) is 2.87. The van der Waals surface area contributed by atoms with E-state index in [-0.39, 0.29) is 22.7 Å². The maximum atomic E-state index is 12.3. The van der Waals surface area contributed by atoms with Crippen molar-refractivity contribution in [1.29, 1.82) is 0 Å². The lowest BCUT2D eigenvalue weighted by Gasteiger charge is -2.21. The van der Waals surface area contributed by atoms with Crippen LogP contribution in [0, 0.1) is 4.84 Å². The van der Waals surface area contributed by atoms with E-state index < -0.39 is 0 Å². The van der Waals surface area contributed by atoms with Gasteiger partial charge in [-0.2, -0.15) is 0 Å². The lowest BCUT2D eigenvalue weighted by atomic mass is 10.2. The van der Waals surface area contributed by atoms with Gasteiger partial charge in [0.1, 0.15) is 0 Å². The molecule has 0 radical (unpaired) electrons. The molecular weight excluding hydrogens is 302 g/mol. The average molecular weight is 319 g/mol. The van der Waals surface area contributed by atoms with Crippen molar-refractivity contribution in [2.75, 3.05) is 13.1 Å². The number of likely N-dealkylation sites (tertiary alicyclic amines) is 1. The third-order valence-electron chi connectivity index (χ3n) is 3.73. The van der Waals surface area contributed by atoms with E-state index in [0.29, 0.717) is 24.1 Å². The molecule has 0 saturated carbocycles. The van der Waals surface area contributed by atoms with Crippen LogP contribution in [0.5, 0.6) is 0 Å². The zero-order chi connectivity index (χ0) is 15.7. The molecule has 2 heterocycles. The Bertz CT molecular complexity index is 780. The summed E-state index contributed by atoms with van der Waals surface area (Å²) in [6.45, 7) is 3.20. The third kappa shape index (κ3) is 3.04. The number of oxazole rings is 1. The molecule has 1 saturated heterocycles. The van der Waals surface area contributed by atoms with Crippen LogP contribution in [0.2, 0.25) is 0 Å². The van der Waals surface area contributed by atoms with Gasteiger partial charge in [-0.3, -0.25) is 9.59 Å². The Hall–Kier alpha value is -2.15. The molecule has 0 bridgehead atoms. The van der Waals surface area contributed by atoms with Gasteiger partial charge in [-0.05, 0) is 43.8 Å². The summed E-state index contributed by atoms with van der Waals surface area (Å²) in [4.78, 5) is 28.8. The van der Waals surface area contributed by atoms with Crippen molar-refractivity contribution >= 4 is 35.1 Å². The SMILES string of the molecule is CC(CN1CCCC1=O)NC(=O)c1ccc2[nH]c(=S)oc2c1. The van der Waals surface area contributed by atoms with E-state index in [1.807, 2.05) is 6.92 Å². The number of nitrogens with zero attached hydrogens (tertiary/aromatic N) is 1. The molecule has 1 aliphatic heterocycles. The van der Waals surface area contributed by atoms with Crippen molar-refractivity contribution < 1.29 is 14.0 Å². The van der Waals surface area contributed by atoms with Crippen molar-refractivity contribution in [3.8, 4) is 0 Å². The summed E-state index contributed by atoms with van der Waals surface area (Å²) in [6.07, 6.45) is 1.50. The van der Waals surface area contributed by atoms with Gasteiger partial charge in [0.25, 0.3) is 10.7 Å². The van der Waals surface area contributed by atoms with Crippen LogP contribution in [0.3, 0.4) is 0 Å². The van der Waals surface area contributed by atoms with Gasteiger partial charge in [0, 0.05) is 31.1 Å². The molecule has 1 aromatic heterocycles. The first-order valence-electron chi connectivity index (χ1n) is 7.24. The normalized spacial score (nSPS) is 16.2. The predicted molar refractivity (Wildman–Crippen MR) is 84.1 cm³/mol. The van der Waals surface area contributed by atoms with E-state index in [4.69, 9.17) is 16.6 Å². The van der Waals surface area contributed by atoms with Crippen molar-refractivity contribution in [2.24, 2.45) is 0 Å². The first kappa shape index (κ1) is 14.8. The van der Waals surface area contributed by atoms with E-state index in [2.05, 4.69) is 10.3 Å². The molecular formula is C15H17N3O3S. The molecule has 22 heavy (non-hydrogen) atoms. The van der Waals surface area contributed by atoms with Crippen LogP contribution in [0.25, 0.3) is 11.1 Å². The monoisotopic (exact) mass is 319 g/mol. The summed E-state index contributed by atoms with van der Waals surface area (Å²) >= 11 is 4.92. The van der Waals surface area contributed by atoms with E-state index in [0.717, 1.165) is 18.5 Å². The highest BCUT2D eigenvalue weighted by Gasteiger charge is 2.22. The van der Waals surface area contributed by atoms with E-state index in [9.17, 15) is 9.59 Å². The van der Waals surface area contributed by atoms with E-state index in [1.165, 1.54) is 0 Å². The van der Waals surface area contributed by atoms with Crippen LogP contribution in [0.4, 0.5) is 0 Å². The van der Waals surface area contributed by atoms with Gasteiger partial charge < -0.3 is 19.6 Å². The number of amides is 2. The number of carbonyl (C=O) groups is 2. The standard InChI is InChI=1S/C15H17N3O3S/c1-9(8-18-6-2-3-13(18)19)16-14(20)10-4-5-11-12(7-10)21-15(22)17-11/h4-5,7,9H,2-3,6,8H2,1H3,(H,16,20)(H,17,22). The molecule has 0 spiro atoms. The summed E-state index contributed by atoms with van der Waals surface area (Å²) in [5.41, 5.74) is 1.82. The highest BCUT2D eigenvalue weighted by Crippen LogP contribution is 2.16. The van der Waals surface area contributed by atoms with Crippen molar-refractivity contribution in [2.45, 2.75) is 25.8 Å². The second kappa shape index (κ2) is 5.92. The average Bonchev–Trinajstić information content (AvgIpc) is 3.03. The van der Waals surface area contributed by atoms with Crippen LogP contribution >= 0.6 is 12.2 Å². The molecule has 2 amide bonds. The Morgan fingerprint density at radius 2 is 2.36 bits per heavy atom. The smallest absolute Gasteiger partial charge is 0.266 e. The van der Waals surface area contributed by atoms with Crippen molar-refractivity contribution in [3.63, 3.8) is 0 Å². The lowest BCUT2D eigenvalue weighted by molar-refractivity contribution is -0.127. The number of benzene rings is 1. The Balaban J connectivity index is 1.66. The second-order valence-corrected chi connectivity index (χ2v) is 5.91. The van der Waals surface area contributed by atoms with Gasteiger partial charge in [-0.15, -0.1) is 0 Å². The first-order valence-corrected chi connectivity index (χ1v) is 7.65. The highest BCUT2D eigenvalue weighted by atomic mass is 32.1. The quantitative estimate of drug-likeness (QED) is 0.847. The molecule has 7 heteroatoms. The minimum Gasteiger partial charge on any atom is -0.429 e. The summed E-state index contributed by atoms with van der Waals surface area (Å²) < 4.78 is 5.31. The number of aromatic amines is 1. The maximum absolute atomic E-state index is 12.3. The molecule has 2 aromatic rings. The number of hydrogen-bond acceptors (Lipinski definition) is 4. The summed E-state index contributed by atoms with van der Waals surface area (Å²) in [7, 11) is 0. The lowest BCUT2D eigenvalue weighted by Crippen LogP contribution is -2.42. The fourth-order valence-electron chi connectivity index (χ4n) is 2.67. The van der Waals surface area contributed by atoms with Crippen LogP contribution in [-0.2, 0) is 4.79 Å². The van der Waals surface area contributed by atoms with Gasteiger partial charge in [0.05, 0.1) is 5.52 Å². The number of rotatable bonds is 4. The minimum atomic E-state index is -0.191. The predicted octanol–water partition coefficient (Wildman–Crippen LogP) is 2.23. The number of carbonyl (C=O) groups excluding carboxylic acids is 2. The molecule has 1 unspecified atom stereocenters. The maximum Gasteiger partial charge on any atom is 0.266 e. The van der Waals surface area contributed by atoms with Crippen LogP contribution < -0.4 is 5.32 Å². The van der Waals surface area contributed by atoms with Gasteiger partial charge in [-0.25, -0.2) is 0 Å². The number of nitrogens with one attached hydrogen (secondary N) is 2. The van der Waals surface area contributed by atoms with E-state index in [1.54, 1.807) is 23.1 Å². The van der Waals surface area contributed by atoms with Gasteiger partial charge in [0.15, 0.2) is 5.58 Å². The summed E-state index contributed by atoms with van der Waals surface area (Å²) in [6, 6.07) is 5.03. The minimum absolute atomic E-state index is 0.108. The number of H-pyrrole nitrogens is 1. The summed E-state index contributed by atoms with van der Waals surface area (Å²) in [5, 5.41) is 2.90. The van der Waals surface area contributed by atoms with Crippen molar-refractivity contribution in [3.05, 3.63) is 28.6 Å². The Kier molecular flexibility index (Phi) is 3.98. The molecule has 0 aliphatic carbocycles. The molecule has 1 aromatic carbocycles. The van der Waals surface area contributed by atoms with Gasteiger partial charge in [-0.1, -0.05) is 0 Å². The van der Waals surface area contributed by atoms with Gasteiger partial charge >= 0.3 is 0 Å². The zero-order valence-electron chi connectivity index (χ0n) is 12.2.